The van der Waals surface area contributed by atoms with Crippen molar-refractivity contribution in [3.63, 3.8) is 0 Å². The smallest absolute Gasteiger partial charge is 0.269 e. The third-order valence-electron chi connectivity index (χ3n) is 2.78. The van der Waals surface area contributed by atoms with E-state index in [1.165, 1.54) is 12.1 Å². The van der Waals surface area contributed by atoms with Gasteiger partial charge < -0.3 is 10.5 Å². The van der Waals surface area contributed by atoms with Crippen molar-refractivity contribution in [3.05, 3.63) is 39.9 Å². The summed E-state index contributed by atoms with van der Waals surface area (Å²) in [6.45, 7) is 0.668. The average molecular weight is 222 g/mol. The minimum absolute atomic E-state index is 0.0734. The molecule has 0 radical (unpaired) electrons. The number of ether oxygens (including phenoxy) is 1. The van der Waals surface area contributed by atoms with Crippen LogP contribution in [0.4, 0.5) is 5.69 Å². The second-order valence-corrected chi connectivity index (χ2v) is 3.95. The Bertz CT molecular complexity index is 395. The van der Waals surface area contributed by atoms with Crippen LogP contribution >= 0.6 is 0 Å². The molecule has 1 aromatic carbocycles. The summed E-state index contributed by atoms with van der Waals surface area (Å²) in [6, 6.07) is 6.42. The van der Waals surface area contributed by atoms with Crippen LogP contribution in [0.25, 0.3) is 0 Å². The van der Waals surface area contributed by atoms with Gasteiger partial charge in [-0.3, -0.25) is 10.1 Å². The third-order valence-corrected chi connectivity index (χ3v) is 2.78. The van der Waals surface area contributed by atoms with E-state index in [9.17, 15) is 10.1 Å². The Morgan fingerprint density at radius 3 is 3.00 bits per heavy atom. The van der Waals surface area contributed by atoms with Gasteiger partial charge in [-0.05, 0) is 18.4 Å². The van der Waals surface area contributed by atoms with Gasteiger partial charge in [-0.15, -0.1) is 0 Å². The lowest BCUT2D eigenvalue weighted by Gasteiger charge is -2.29. The Labute approximate surface area is 93.4 Å². The topological polar surface area (TPSA) is 78.4 Å². The van der Waals surface area contributed by atoms with E-state index in [2.05, 4.69) is 0 Å². The fourth-order valence-electron chi connectivity index (χ4n) is 1.96. The van der Waals surface area contributed by atoms with E-state index in [1.54, 1.807) is 6.07 Å². The molecule has 0 aliphatic carbocycles. The zero-order chi connectivity index (χ0) is 11.5. The molecule has 1 aliphatic rings. The van der Waals surface area contributed by atoms with Gasteiger partial charge in [0.25, 0.3) is 5.69 Å². The molecular formula is C11H14N2O3. The van der Waals surface area contributed by atoms with Crippen molar-refractivity contribution in [2.45, 2.75) is 25.0 Å². The fourth-order valence-corrected chi connectivity index (χ4v) is 1.96. The summed E-state index contributed by atoms with van der Waals surface area (Å²) in [5.74, 6) is 0. The highest BCUT2D eigenvalue weighted by Gasteiger charge is 2.25. The first-order valence-electron chi connectivity index (χ1n) is 5.30. The SMILES string of the molecule is NC1CCCOC1c1cccc([N+](=O)[O-])c1. The monoisotopic (exact) mass is 222 g/mol. The van der Waals surface area contributed by atoms with Crippen LogP contribution in [0.5, 0.6) is 0 Å². The Morgan fingerprint density at radius 2 is 2.31 bits per heavy atom. The summed E-state index contributed by atoms with van der Waals surface area (Å²) in [6.07, 6.45) is 1.63. The van der Waals surface area contributed by atoms with Gasteiger partial charge in [0, 0.05) is 24.8 Å². The number of nitro groups is 1. The Hall–Kier alpha value is -1.46. The van der Waals surface area contributed by atoms with Gasteiger partial charge in [0.05, 0.1) is 11.0 Å². The second-order valence-electron chi connectivity index (χ2n) is 3.95. The fraction of sp³-hybridized carbons (Fsp3) is 0.455. The summed E-state index contributed by atoms with van der Waals surface area (Å²) in [7, 11) is 0. The maximum absolute atomic E-state index is 10.7. The summed E-state index contributed by atoms with van der Waals surface area (Å²) >= 11 is 0. The molecule has 16 heavy (non-hydrogen) atoms. The summed E-state index contributed by atoms with van der Waals surface area (Å²) in [4.78, 5) is 10.2. The molecule has 2 rings (SSSR count). The molecule has 1 heterocycles. The molecule has 0 bridgehead atoms. The molecule has 2 unspecified atom stereocenters. The van der Waals surface area contributed by atoms with Crippen LogP contribution in [0.15, 0.2) is 24.3 Å². The number of rotatable bonds is 2. The lowest BCUT2D eigenvalue weighted by Crippen LogP contribution is -2.34. The number of benzene rings is 1. The van der Waals surface area contributed by atoms with Crippen molar-refractivity contribution < 1.29 is 9.66 Å². The van der Waals surface area contributed by atoms with E-state index in [4.69, 9.17) is 10.5 Å². The van der Waals surface area contributed by atoms with E-state index >= 15 is 0 Å². The first kappa shape index (κ1) is 11.0. The molecule has 0 amide bonds. The van der Waals surface area contributed by atoms with Crippen molar-refractivity contribution in [2.24, 2.45) is 5.73 Å². The predicted octanol–water partition coefficient (Wildman–Crippen LogP) is 1.77. The molecule has 1 aromatic rings. The molecule has 1 saturated heterocycles. The third kappa shape index (κ3) is 2.20. The molecule has 86 valence electrons. The van der Waals surface area contributed by atoms with E-state index < -0.39 is 4.92 Å². The number of nitro benzene ring substituents is 1. The van der Waals surface area contributed by atoms with Crippen LogP contribution < -0.4 is 5.73 Å². The molecule has 0 saturated carbocycles. The molecule has 2 atom stereocenters. The maximum Gasteiger partial charge on any atom is 0.269 e. The number of hydrogen-bond acceptors (Lipinski definition) is 4. The van der Waals surface area contributed by atoms with Crippen molar-refractivity contribution in [1.82, 2.24) is 0 Å². The second kappa shape index (κ2) is 4.59. The minimum atomic E-state index is -0.405. The summed E-state index contributed by atoms with van der Waals surface area (Å²) in [5.41, 5.74) is 6.82. The minimum Gasteiger partial charge on any atom is -0.372 e. The van der Waals surface area contributed by atoms with E-state index in [1.807, 2.05) is 6.07 Å². The highest BCUT2D eigenvalue weighted by Crippen LogP contribution is 2.28. The van der Waals surface area contributed by atoms with Gasteiger partial charge in [-0.2, -0.15) is 0 Å². The number of hydrogen-bond donors (Lipinski definition) is 1. The zero-order valence-electron chi connectivity index (χ0n) is 8.83. The molecule has 5 heteroatoms. The Balaban J connectivity index is 2.25. The molecule has 2 N–H and O–H groups in total. The molecule has 0 aromatic heterocycles. The van der Waals surface area contributed by atoms with Crippen molar-refractivity contribution >= 4 is 5.69 Å². The number of nitrogens with two attached hydrogens (primary N) is 1. The first-order chi connectivity index (χ1) is 7.68. The van der Waals surface area contributed by atoms with Crippen LogP contribution in [-0.4, -0.2) is 17.6 Å². The highest BCUT2D eigenvalue weighted by molar-refractivity contribution is 5.36. The van der Waals surface area contributed by atoms with E-state index in [0.717, 1.165) is 18.4 Å². The van der Waals surface area contributed by atoms with Crippen LogP contribution in [0.1, 0.15) is 24.5 Å². The molecule has 0 spiro atoms. The number of non-ortho nitro benzene ring substituents is 1. The zero-order valence-corrected chi connectivity index (χ0v) is 8.83. The Morgan fingerprint density at radius 1 is 1.50 bits per heavy atom. The van der Waals surface area contributed by atoms with Crippen molar-refractivity contribution in [1.29, 1.82) is 0 Å². The lowest BCUT2D eigenvalue weighted by molar-refractivity contribution is -0.385. The van der Waals surface area contributed by atoms with E-state index in [0.29, 0.717) is 6.61 Å². The van der Waals surface area contributed by atoms with Gasteiger partial charge in [-0.25, -0.2) is 0 Å². The van der Waals surface area contributed by atoms with Crippen LogP contribution in [0.2, 0.25) is 0 Å². The Kier molecular flexibility index (Phi) is 3.17. The highest BCUT2D eigenvalue weighted by atomic mass is 16.6. The standard InChI is InChI=1S/C11H14N2O3/c12-10-5-2-6-16-11(10)8-3-1-4-9(7-8)13(14)15/h1,3-4,7,10-11H,2,5-6,12H2. The number of nitrogens with zero attached hydrogens (tertiary/aromatic N) is 1. The van der Waals surface area contributed by atoms with Gasteiger partial charge in [0.15, 0.2) is 0 Å². The normalized spacial score (nSPS) is 25.3. The quantitative estimate of drug-likeness (QED) is 0.611. The van der Waals surface area contributed by atoms with Gasteiger partial charge in [0.2, 0.25) is 0 Å². The largest absolute Gasteiger partial charge is 0.372 e. The molecule has 1 fully saturated rings. The predicted molar refractivity (Wildman–Crippen MR) is 59.0 cm³/mol. The van der Waals surface area contributed by atoms with Gasteiger partial charge in [-0.1, -0.05) is 12.1 Å². The summed E-state index contributed by atoms with van der Waals surface area (Å²) in [5, 5.41) is 10.7. The van der Waals surface area contributed by atoms with Crippen molar-refractivity contribution in [3.8, 4) is 0 Å². The van der Waals surface area contributed by atoms with Gasteiger partial charge in [0.1, 0.15) is 0 Å². The molecule has 5 nitrogen and oxygen atoms in total. The molecular weight excluding hydrogens is 208 g/mol. The van der Waals surface area contributed by atoms with E-state index in [-0.39, 0.29) is 17.8 Å². The maximum atomic E-state index is 10.7. The first-order valence-corrected chi connectivity index (χ1v) is 5.30. The van der Waals surface area contributed by atoms with Crippen molar-refractivity contribution in [2.75, 3.05) is 6.61 Å². The molecule has 1 aliphatic heterocycles. The van der Waals surface area contributed by atoms with Crippen LogP contribution in [0.3, 0.4) is 0 Å². The lowest BCUT2D eigenvalue weighted by atomic mass is 9.96. The van der Waals surface area contributed by atoms with Gasteiger partial charge >= 0.3 is 0 Å². The van der Waals surface area contributed by atoms with Crippen LogP contribution in [0, 0.1) is 10.1 Å². The van der Waals surface area contributed by atoms with Crippen LogP contribution in [-0.2, 0) is 4.74 Å². The average Bonchev–Trinajstić information content (AvgIpc) is 2.30. The summed E-state index contributed by atoms with van der Waals surface area (Å²) < 4.78 is 5.56.